The van der Waals surface area contributed by atoms with Gasteiger partial charge in [0.15, 0.2) is 0 Å². The van der Waals surface area contributed by atoms with Crippen molar-refractivity contribution in [2.24, 2.45) is 7.05 Å². The molecule has 0 bridgehead atoms. The first-order valence-electron chi connectivity index (χ1n) is 8.08. The fourth-order valence-corrected chi connectivity index (χ4v) is 3.01. The third-order valence-corrected chi connectivity index (χ3v) is 4.54. The lowest BCUT2D eigenvalue weighted by Crippen LogP contribution is -2.32. The van der Waals surface area contributed by atoms with Gasteiger partial charge in [-0.15, -0.1) is 0 Å². The predicted octanol–water partition coefficient (Wildman–Crippen LogP) is 0.517. The van der Waals surface area contributed by atoms with Crippen LogP contribution in [0, 0.1) is 6.92 Å². The first-order valence-corrected chi connectivity index (χ1v) is 8.08. The standard InChI is InChI=1S/C16H23N3O4/c1-11-17-14-8-19(7-13(14)16(21)18(11)2)15(20)10-22-9-12-5-3-4-6-23-12/h12H,3-10H2,1-2H3/t12-/m0/s1. The number of ether oxygens (including phenoxy) is 2. The highest BCUT2D eigenvalue weighted by atomic mass is 16.5. The van der Waals surface area contributed by atoms with Crippen LogP contribution in [0.4, 0.5) is 0 Å². The Hall–Kier alpha value is -1.73. The second-order valence-corrected chi connectivity index (χ2v) is 6.20. The van der Waals surface area contributed by atoms with Crippen molar-refractivity contribution in [3.05, 3.63) is 27.4 Å². The number of carbonyl (C=O) groups is 1. The van der Waals surface area contributed by atoms with Crippen molar-refractivity contribution in [2.45, 2.75) is 45.4 Å². The minimum absolute atomic E-state index is 0.0210. The van der Waals surface area contributed by atoms with Crippen LogP contribution in [0.2, 0.25) is 0 Å². The molecule has 1 atom stereocenters. The SMILES string of the molecule is Cc1nc2c(c(=O)n1C)CN(C(=O)COC[C@@H]1CCCCO1)C2. The summed E-state index contributed by atoms with van der Waals surface area (Å²) in [5.41, 5.74) is 1.25. The summed E-state index contributed by atoms with van der Waals surface area (Å²) in [5.74, 6) is 0.548. The second-order valence-electron chi connectivity index (χ2n) is 6.20. The molecule has 3 rings (SSSR count). The van der Waals surface area contributed by atoms with Gasteiger partial charge in [0.1, 0.15) is 12.4 Å². The number of amides is 1. The molecular formula is C16H23N3O4. The molecule has 1 aromatic heterocycles. The number of carbonyl (C=O) groups excluding carboxylic acids is 1. The van der Waals surface area contributed by atoms with Gasteiger partial charge >= 0.3 is 0 Å². The Bertz CT molecular complexity index is 649. The molecule has 0 aliphatic carbocycles. The average Bonchev–Trinajstić information content (AvgIpc) is 2.98. The maximum absolute atomic E-state index is 12.3. The van der Waals surface area contributed by atoms with Gasteiger partial charge in [-0.1, -0.05) is 0 Å². The van der Waals surface area contributed by atoms with E-state index in [1.807, 2.05) is 0 Å². The fourth-order valence-electron chi connectivity index (χ4n) is 3.01. The van der Waals surface area contributed by atoms with Crippen LogP contribution in [0.25, 0.3) is 0 Å². The zero-order valence-electron chi connectivity index (χ0n) is 13.7. The summed E-state index contributed by atoms with van der Waals surface area (Å²) < 4.78 is 12.6. The van der Waals surface area contributed by atoms with Gasteiger partial charge in [0.25, 0.3) is 5.56 Å². The molecule has 3 heterocycles. The zero-order valence-corrected chi connectivity index (χ0v) is 13.7. The van der Waals surface area contributed by atoms with Crippen LogP contribution in [-0.4, -0.2) is 46.3 Å². The van der Waals surface area contributed by atoms with E-state index in [2.05, 4.69) is 4.98 Å². The van der Waals surface area contributed by atoms with Gasteiger partial charge in [0, 0.05) is 13.7 Å². The first-order chi connectivity index (χ1) is 11.1. The van der Waals surface area contributed by atoms with E-state index in [0.29, 0.717) is 36.8 Å². The van der Waals surface area contributed by atoms with Crippen molar-refractivity contribution < 1.29 is 14.3 Å². The van der Waals surface area contributed by atoms with Crippen molar-refractivity contribution in [2.75, 3.05) is 19.8 Å². The van der Waals surface area contributed by atoms with E-state index < -0.39 is 0 Å². The predicted molar refractivity (Wildman–Crippen MR) is 82.9 cm³/mol. The lowest BCUT2D eigenvalue weighted by molar-refractivity contribution is -0.138. The lowest BCUT2D eigenvalue weighted by Gasteiger charge is -2.22. The Balaban J connectivity index is 1.53. The molecule has 0 aromatic carbocycles. The molecule has 7 heteroatoms. The minimum atomic E-state index is -0.112. The fraction of sp³-hybridized carbons (Fsp3) is 0.688. The van der Waals surface area contributed by atoms with Crippen LogP contribution in [0.1, 0.15) is 36.3 Å². The monoisotopic (exact) mass is 321 g/mol. The van der Waals surface area contributed by atoms with Gasteiger partial charge in [-0.3, -0.25) is 14.2 Å². The van der Waals surface area contributed by atoms with Crippen LogP contribution < -0.4 is 5.56 Å². The van der Waals surface area contributed by atoms with Gasteiger partial charge in [-0.25, -0.2) is 4.98 Å². The molecule has 1 fully saturated rings. The molecule has 0 N–H and O–H groups in total. The molecular weight excluding hydrogens is 298 g/mol. The highest BCUT2D eigenvalue weighted by molar-refractivity contribution is 5.78. The molecule has 0 radical (unpaired) electrons. The normalized spacial score (nSPS) is 20.6. The van der Waals surface area contributed by atoms with Gasteiger partial charge < -0.3 is 14.4 Å². The van der Waals surface area contributed by atoms with Gasteiger partial charge in [-0.05, 0) is 26.2 Å². The van der Waals surface area contributed by atoms with E-state index in [1.54, 1.807) is 18.9 Å². The van der Waals surface area contributed by atoms with Crippen LogP contribution >= 0.6 is 0 Å². The molecule has 1 amide bonds. The Morgan fingerprint density at radius 2 is 2.22 bits per heavy atom. The molecule has 23 heavy (non-hydrogen) atoms. The number of nitrogens with zero attached hydrogens (tertiary/aromatic N) is 3. The van der Waals surface area contributed by atoms with E-state index in [9.17, 15) is 9.59 Å². The number of aromatic nitrogens is 2. The number of hydrogen-bond acceptors (Lipinski definition) is 5. The Morgan fingerprint density at radius 3 is 2.96 bits per heavy atom. The van der Waals surface area contributed by atoms with Crippen LogP contribution in [-0.2, 0) is 34.4 Å². The molecule has 7 nitrogen and oxygen atoms in total. The van der Waals surface area contributed by atoms with Crippen LogP contribution in [0.3, 0.4) is 0 Å². The number of aryl methyl sites for hydroxylation is 1. The summed E-state index contributed by atoms with van der Waals surface area (Å²) >= 11 is 0. The van der Waals surface area contributed by atoms with Crippen LogP contribution in [0.15, 0.2) is 4.79 Å². The number of hydrogen-bond donors (Lipinski definition) is 0. The molecule has 2 aliphatic heterocycles. The molecule has 126 valence electrons. The molecule has 1 aromatic rings. The summed E-state index contributed by atoms with van der Waals surface area (Å²) in [5, 5.41) is 0. The number of fused-ring (bicyclic) bond motifs is 1. The zero-order chi connectivity index (χ0) is 16.4. The lowest BCUT2D eigenvalue weighted by atomic mass is 10.1. The average molecular weight is 321 g/mol. The van der Waals surface area contributed by atoms with Crippen molar-refractivity contribution in [3.63, 3.8) is 0 Å². The molecule has 0 unspecified atom stereocenters. The summed E-state index contributed by atoms with van der Waals surface area (Å²) in [6, 6.07) is 0. The molecule has 2 aliphatic rings. The van der Waals surface area contributed by atoms with Crippen molar-refractivity contribution in [1.29, 1.82) is 0 Å². The molecule has 1 saturated heterocycles. The van der Waals surface area contributed by atoms with Gasteiger partial charge in [-0.2, -0.15) is 0 Å². The Kier molecular flexibility index (Phi) is 4.77. The largest absolute Gasteiger partial charge is 0.376 e. The van der Waals surface area contributed by atoms with Crippen LogP contribution in [0.5, 0.6) is 0 Å². The van der Waals surface area contributed by atoms with Gasteiger partial charge in [0.2, 0.25) is 5.91 Å². The maximum atomic E-state index is 12.3. The van der Waals surface area contributed by atoms with Crippen molar-refractivity contribution in [3.8, 4) is 0 Å². The van der Waals surface area contributed by atoms with Gasteiger partial charge in [0.05, 0.1) is 37.1 Å². The first kappa shape index (κ1) is 16.1. The maximum Gasteiger partial charge on any atom is 0.258 e. The third-order valence-electron chi connectivity index (χ3n) is 4.54. The molecule has 0 spiro atoms. The molecule has 0 saturated carbocycles. The Morgan fingerprint density at radius 1 is 1.39 bits per heavy atom. The second kappa shape index (κ2) is 6.80. The highest BCUT2D eigenvalue weighted by Gasteiger charge is 2.28. The Labute approximate surface area is 135 Å². The topological polar surface area (TPSA) is 73.7 Å². The summed E-state index contributed by atoms with van der Waals surface area (Å²) in [6.07, 6.45) is 3.34. The summed E-state index contributed by atoms with van der Waals surface area (Å²) in [4.78, 5) is 30.5. The van der Waals surface area contributed by atoms with E-state index in [1.165, 1.54) is 4.57 Å². The number of rotatable bonds is 4. The van der Waals surface area contributed by atoms with E-state index in [0.717, 1.165) is 25.9 Å². The summed E-state index contributed by atoms with van der Waals surface area (Å²) in [7, 11) is 1.70. The minimum Gasteiger partial charge on any atom is -0.376 e. The van der Waals surface area contributed by atoms with E-state index in [4.69, 9.17) is 9.47 Å². The van der Waals surface area contributed by atoms with E-state index in [-0.39, 0.29) is 24.2 Å². The van der Waals surface area contributed by atoms with E-state index >= 15 is 0 Å². The third kappa shape index (κ3) is 3.45. The quantitative estimate of drug-likeness (QED) is 0.808. The van der Waals surface area contributed by atoms with Crippen molar-refractivity contribution >= 4 is 5.91 Å². The van der Waals surface area contributed by atoms with Crippen molar-refractivity contribution in [1.82, 2.24) is 14.5 Å². The highest BCUT2D eigenvalue weighted by Crippen LogP contribution is 2.18. The summed E-state index contributed by atoms with van der Waals surface area (Å²) in [6.45, 7) is 3.74. The smallest absolute Gasteiger partial charge is 0.258 e.